The van der Waals surface area contributed by atoms with Crippen LogP contribution >= 0.6 is 0 Å². The van der Waals surface area contributed by atoms with Gasteiger partial charge in [0.15, 0.2) is 11.6 Å². The minimum absolute atomic E-state index is 0.123. The van der Waals surface area contributed by atoms with E-state index in [1.165, 1.54) is 6.07 Å². The lowest BCUT2D eigenvalue weighted by Gasteiger charge is -2.32. The smallest absolute Gasteiger partial charge is 0.240 e. The number of hydrogen-bond acceptors (Lipinski definition) is 3. The summed E-state index contributed by atoms with van der Waals surface area (Å²) >= 11 is 0. The molecule has 3 rings (SSSR count). The third-order valence-electron chi connectivity index (χ3n) is 4.63. The molecular formula is C19H22F2N2O2S. The van der Waals surface area contributed by atoms with Gasteiger partial charge in [-0.3, -0.25) is 4.90 Å². The predicted molar refractivity (Wildman–Crippen MR) is 96.2 cm³/mol. The molecule has 4 nitrogen and oxygen atoms in total. The minimum Gasteiger partial charge on any atom is -0.299 e. The molecule has 0 bridgehead atoms. The Kier molecular flexibility index (Phi) is 5.70. The van der Waals surface area contributed by atoms with Crippen molar-refractivity contribution in [2.75, 3.05) is 13.1 Å². The molecule has 0 spiro atoms. The number of nitrogens with zero attached hydrogens (tertiary/aromatic N) is 1. The summed E-state index contributed by atoms with van der Waals surface area (Å²) in [6.07, 6.45) is 1.35. The van der Waals surface area contributed by atoms with E-state index in [-0.39, 0.29) is 10.9 Å². The van der Waals surface area contributed by atoms with Gasteiger partial charge in [0.25, 0.3) is 0 Å². The van der Waals surface area contributed by atoms with E-state index in [4.69, 9.17) is 0 Å². The van der Waals surface area contributed by atoms with E-state index in [1.54, 1.807) is 30.3 Å². The molecule has 7 heteroatoms. The van der Waals surface area contributed by atoms with Crippen LogP contribution < -0.4 is 4.72 Å². The Hall–Kier alpha value is -1.83. The van der Waals surface area contributed by atoms with Gasteiger partial charge in [0.1, 0.15) is 0 Å². The molecule has 1 fully saturated rings. The quantitative estimate of drug-likeness (QED) is 0.867. The summed E-state index contributed by atoms with van der Waals surface area (Å²) in [7, 11) is -3.52. The van der Waals surface area contributed by atoms with Crippen LogP contribution in [0.5, 0.6) is 0 Å². The fourth-order valence-corrected chi connectivity index (χ4v) is 4.41. The highest BCUT2D eigenvalue weighted by molar-refractivity contribution is 7.89. The molecule has 0 aromatic heterocycles. The first-order valence-electron chi connectivity index (χ1n) is 8.59. The molecule has 2 aromatic carbocycles. The summed E-state index contributed by atoms with van der Waals surface area (Å²) in [5, 5.41) is 0. The Bertz CT molecular complexity index is 862. The Labute approximate surface area is 152 Å². The van der Waals surface area contributed by atoms with Crippen molar-refractivity contribution in [3.63, 3.8) is 0 Å². The lowest BCUT2D eigenvalue weighted by molar-refractivity contribution is 0.199. The van der Waals surface area contributed by atoms with Gasteiger partial charge >= 0.3 is 0 Å². The normalized spacial score (nSPS) is 16.7. The number of nitrogens with one attached hydrogen (secondary N) is 1. The molecule has 0 unspecified atom stereocenters. The van der Waals surface area contributed by atoms with Crippen molar-refractivity contribution in [2.45, 2.75) is 37.2 Å². The van der Waals surface area contributed by atoms with E-state index in [2.05, 4.69) is 9.62 Å². The van der Waals surface area contributed by atoms with Crippen molar-refractivity contribution in [1.82, 2.24) is 9.62 Å². The van der Waals surface area contributed by atoms with E-state index in [0.717, 1.165) is 11.6 Å². The van der Waals surface area contributed by atoms with Gasteiger partial charge in [0.05, 0.1) is 4.90 Å². The zero-order chi connectivity index (χ0) is 18.7. The molecule has 0 saturated carbocycles. The molecule has 1 aliphatic rings. The second kappa shape index (κ2) is 7.82. The van der Waals surface area contributed by atoms with E-state index in [9.17, 15) is 17.2 Å². The lowest BCUT2D eigenvalue weighted by atomic mass is 10.1. The van der Waals surface area contributed by atoms with Crippen LogP contribution in [0.3, 0.4) is 0 Å². The van der Waals surface area contributed by atoms with Crippen LogP contribution in [0, 0.1) is 18.6 Å². The Morgan fingerprint density at radius 1 is 1.04 bits per heavy atom. The van der Waals surface area contributed by atoms with Gasteiger partial charge < -0.3 is 0 Å². The van der Waals surface area contributed by atoms with Gasteiger partial charge in [-0.2, -0.15) is 0 Å². The third kappa shape index (κ3) is 4.66. The first-order valence-corrected chi connectivity index (χ1v) is 10.1. The lowest BCUT2D eigenvalue weighted by Crippen LogP contribution is -2.44. The molecule has 1 N–H and O–H groups in total. The van der Waals surface area contributed by atoms with Gasteiger partial charge in [-0.05, 0) is 49.6 Å². The molecule has 1 aliphatic heterocycles. The Morgan fingerprint density at radius 2 is 1.69 bits per heavy atom. The standard InChI is InChI=1S/C19H22F2N2O2S/c1-14-2-5-17(6-3-14)26(24,25)22-16-8-10-23(11-9-16)13-15-4-7-18(20)19(21)12-15/h2-7,12,16,22H,8-11,13H2,1H3. The maximum Gasteiger partial charge on any atom is 0.240 e. The molecule has 26 heavy (non-hydrogen) atoms. The zero-order valence-electron chi connectivity index (χ0n) is 14.6. The van der Waals surface area contributed by atoms with Gasteiger partial charge in [0.2, 0.25) is 10.0 Å². The maximum atomic E-state index is 13.3. The van der Waals surface area contributed by atoms with E-state index in [1.807, 2.05) is 6.92 Å². The van der Waals surface area contributed by atoms with Crippen LogP contribution in [0.2, 0.25) is 0 Å². The topological polar surface area (TPSA) is 49.4 Å². The van der Waals surface area contributed by atoms with Gasteiger partial charge in [-0.1, -0.05) is 23.8 Å². The largest absolute Gasteiger partial charge is 0.299 e. The maximum absolute atomic E-state index is 13.3. The highest BCUT2D eigenvalue weighted by Gasteiger charge is 2.24. The zero-order valence-corrected chi connectivity index (χ0v) is 15.4. The summed E-state index contributed by atoms with van der Waals surface area (Å²) in [5.41, 5.74) is 1.72. The van der Waals surface area contributed by atoms with Crippen molar-refractivity contribution in [2.24, 2.45) is 0 Å². The average molecular weight is 380 g/mol. The second-order valence-electron chi connectivity index (χ2n) is 6.73. The predicted octanol–water partition coefficient (Wildman–Crippen LogP) is 3.22. The molecule has 2 aromatic rings. The van der Waals surface area contributed by atoms with Crippen LogP contribution in [0.25, 0.3) is 0 Å². The number of hydrogen-bond donors (Lipinski definition) is 1. The summed E-state index contributed by atoms with van der Waals surface area (Å²) in [4.78, 5) is 2.39. The first kappa shape index (κ1) is 18.9. The summed E-state index contributed by atoms with van der Waals surface area (Å²) in [6, 6.07) is 10.6. The van der Waals surface area contributed by atoms with Gasteiger partial charge in [0, 0.05) is 25.7 Å². The molecule has 0 amide bonds. The van der Waals surface area contributed by atoms with Crippen LogP contribution in [-0.2, 0) is 16.6 Å². The Balaban J connectivity index is 1.55. The molecular weight excluding hydrogens is 358 g/mol. The summed E-state index contributed by atoms with van der Waals surface area (Å²) in [5.74, 6) is -1.69. The van der Waals surface area contributed by atoms with Crippen LogP contribution in [0.4, 0.5) is 8.78 Å². The fourth-order valence-electron chi connectivity index (χ4n) is 3.11. The molecule has 140 valence electrons. The highest BCUT2D eigenvalue weighted by atomic mass is 32.2. The number of benzene rings is 2. The van der Waals surface area contributed by atoms with E-state index in [0.29, 0.717) is 38.0 Å². The molecule has 0 radical (unpaired) electrons. The summed E-state index contributed by atoms with van der Waals surface area (Å²) in [6.45, 7) is 3.82. The molecule has 1 saturated heterocycles. The number of sulfonamides is 1. The first-order chi connectivity index (χ1) is 12.3. The van der Waals surface area contributed by atoms with Crippen LogP contribution in [0.15, 0.2) is 47.4 Å². The average Bonchev–Trinajstić information content (AvgIpc) is 2.60. The number of rotatable bonds is 5. The van der Waals surface area contributed by atoms with Crippen LogP contribution in [0.1, 0.15) is 24.0 Å². The van der Waals surface area contributed by atoms with E-state index >= 15 is 0 Å². The van der Waals surface area contributed by atoms with Crippen molar-refractivity contribution < 1.29 is 17.2 Å². The fraction of sp³-hybridized carbons (Fsp3) is 0.368. The summed E-state index contributed by atoms with van der Waals surface area (Å²) < 4.78 is 54.0. The van der Waals surface area contributed by atoms with Crippen molar-refractivity contribution in [3.05, 3.63) is 65.2 Å². The van der Waals surface area contributed by atoms with Crippen LogP contribution in [-0.4, -0.2) is 32.4 Å². The second-order valence-corrected chi connectivity index (χ2v) is 8.45. The van der Waals surface area contributed by atoms with Gasteiger partial charge in [-0.25, -0.2) is 21.9 Å². The Morgan fingerprint density at radius 3 is 2.31 bits per heavy atom. The number of halogens is 2. The molecule has 1 heterocycles. The van der Waals surface area contributed by atoms with Crippen molar-refractivity contribution >= 4 is 10.0 Å². The number of piperidine rings is 1. The third-order valence-corrected chi connectivity index (χ3v) is 6.17. The molecule has 0 aliphatic carbocycles. The number of aryl methyl sites for hydroxylation is 1. The minimum atomic E-state index is -3.52. The van der Waals surface area contributed by atoms with Crippen molar-refractivity contribution in [1.29, 1.82) is 0 Å². The van der Waals surface area contributed by atoms with Gasteiger partial charge in [-0.15, -0.1) is 0 Å². The van der Waals surface area contributed by atoms with E-state index < -0.39 is 21.7 Å². The number of likely N-dealkylation sites (tertiary alicyclic amines) is 1. The molecule has 0 atom stereocenters. The monoisotopic (exact) mass is 380 g/mol. The SMILES string of the molecule is Cc1ccc(S(=O)(=O)NC2CCN(Cc3ccc(F)c(F)c3)CC2)cc1. The van der Waals surface area contributed by atoms with Crippen molar-refractivity contribution in [3.8, 4) is 0 Å². The highest BCUT2D eigenvalue weighted by Crippen LogP contribution is 2.18.